The van der Waals surface area contributed by atoms with E-state index in [4.69, 9.17) is 18.9 Å². The maximum atomic E-state index is 11.9. The summed E-state index contributed by atoms with van der Waals surface area (Å²) < 4.78 is 20.9. The molecule has 8 nitrogen and oxygen atoms in total. The first kappa shape index (κ1) is 20.5. The van der Waals surface area contributed by atoms with Gasteiger partial charge in [0.1, 0.15) is 23.2 Å². The smallest absolute Gasteiger partial charge is 0.407 e. The molecule has 27 heavy (non-hydrogen) atoms. The van der Waals surface area contributed by atoms with Crippen LogP contribution in [0.3, 0.4) is 0 Å². The fraction of sp³-hybridized carbons (Fsp3) is 0.526. The van der Waals surface area contributed by atoms with Crippen molar-refractivity contribution in [2.45, 2.75) is 51.4 Å². The van der Waals surface area contributed by atoms with Crippen molar-refractivity contribution in [1.82, 2.24) is 5.32 Å². The number of rotatable bonds is 6. The van der Waals surface area contributed by atoms with E-state index in [2.05, 4.69) is 5.32 Å². The lowest BCUT2D eigenvalue weighted by molar-refractivity contribution is 0.0360. The van der Waals surface area contributed by atoms with E-state index in [1.165, 1.54) is 20.3 Å². The summed E-state index contributed by atoms with van der Waals surface area (Å²) in [6, 6.07) is 2.96. The number of benzene rings is 1. The van der Waals surface area contributed by atoms with Crippen LogP contribution in [0.2, 0.25) is 0 Å². The van der Waals surface area contributed by atoms with Gasteiger partial charge in [0, 0.05) is 24.9 Å². The number of methoxy groups -OCH3 is 2. The maximum absolute atomic E-state index is 11.9. The largest absolute Gasteiger partial charge is 0.496 e. The maximum Gasteiger partial charge on any atom is 0.407 e. The monoisotopic (exact) mass is 379 g/mol. The van der Waals surface area contributed by atoms with Crippen molar-refractivity contribution in [3.8, 4) is 11.5 Å². The van der Waals surface area contributed by atoms with E-state index in [0.29, 0.717) is 24.9 Å². The Morgan fingerprint density at radius 1 is 1.19 bits per heavy atom. The molecular formula is C19H25NO7. The van der Waals surface area contributed by atoms with Crippen molar-refractivity contribution >= 4 is 18.3 Å². The third-order valence-electron chi connectivity index (χ3n) is 3.98. The number of carbonyl (C=O) groups excluding carboxylic acids is 3. The van der Waals surface area contributed by atoms with Gasteiger partial charge in [-0.1, -0.05) is 0 Å². The highest BCUT2D eigenvalue weighted by Gasteiger charge is 2.33. The van der Waals surface area contributed by atoms with Crippen molar-refractivity contribution < 1.29 is 33.3 Å². The van der Waals surface area contributed by atoms with Gasteiger partial charge in [-0.3, -0.25) is 4.79 Å². The van der Waals surface area contributed by atoms with Crippen LogP contribution in [0.25, 0.3) is 0 Å². The van der Waals surface area contributed by atoms with Crippen LogP contribution in [0.4, 0.5) is 4.79 Å². The molecule has 0 atom stereocenters. The zero-order chi connectivity index (χ0) is 20.2. The lowest BCUT2D eigenvalue weighted by Crippen LogP contribution is -2.50. The molecule has 0 spiro atoms. The molecule has 0 heterocycles. The summed E-state index contributed by atoms with van der Waals surface area (Å²) in [6.45, 7) is 5.40. The Balaban J connectivity index is 2.00. The molecule has 1 aliphatic carbocycles. The number of esters is 1. The molecule has 1 N–H and O–H groups in total. The van der Waals surface area contributed by atoms with Gasteiger partial charge in [-0.25, -0.2) is 9.59 Å². The van der Waals surface area contributed by atoms with Gasteiger partial charge in [-0.05, 0) is 26.8 Å². The highest BCUT2D eigenvalue weighted by molar-refractivity contribution is 6.00. The molecule has 148 valence electrons. The Hall–Kier alpha value is -2.77. The molecule has 1 aliphatic rings. The fourth-order valence-corrected chi connectivity index (χ4v) is 2.69. The quantitative estimate of drug-likeness (QED) is 0.599. The van der Waals surface area contributed by atoms with Gasteiger partial charge < -0.3 is 24.3 Å². The number of hydrogen-bond donors (Lipinski definition) is 1. The average Bonchev–Trinajstić information content (AvgIpc) is 2.56. The van der Waals surface area contributed by atoms with E-state index < -0.39 is 17.7 Å². The second-order valence-electron chi connectivity index (χ2n) is 7.25. The SMILES string of the molecule is COC(=O)c1cc(O[C@H]2C[C@H](NC(=O)OC(C)(C)C)C2)cc(OC)c1C=O. The second-order valence-corrected chi connectivity index (χ2v) is 7.25. The molecule has 1 aromatic rings. The van der Waals surface area contributed by atoms with Crippen LogP contribution >= 0.6 is 0 Å². The van der Waals surface area contributed by atoms with Crippen LogP contribution in [0.5, 0.6) is 11.5 Å². The molecule has 0 saturated heterocycles. The van der Waals surface area contributed by atoms with Crippen LogP contribution in [0.15, 0.2) is 12.1 Å². The molecule has 0 aliphatic heterocycles. The summed E-state index contributed by atoms with van der Waals surface area (Å²) in [6.07, 6.45) is 1.15. The molecule has 8 heteroatoms. The van der Waals surface area contributed by atoms with Gasteiger partial charge in [0.05, 0.1) is 25.3 Å². The molecule has 1 saturated carbocycles. The number of amides is 1. The van der Waals surface area contributed by atoms with E-state index in [-0.39, 0.29) is 29.0 Å². The van der Waals surface area contributed by atoms with Crippen LogP contribution in [0.1, 0.15) is 54.3 Å². The third-order valence-corrected chi connectivity index (χ3v) is 3.98. The zero-order valence-electron chi connectivity index (χ0n) is 16.2. The fourth-order valence-electron chi connectivity index (χ4n) is 2.69. The molecule has 2 rings (SSSR count). The molecular weight excluding hydrogens is 354 g/mol. The predicted octanol–water partition coefficient (Wildman–Crippen LogP) is 2.73. The standard InChI is InChI=1S/C19H25NO7/c1-19(2,3)27-18(23)20-11-6-12(7-11)26-13-8-14(17(22)25-5)15(10-21)16(9-13)24-4/h8-12H,6-7H2,1-5H3,(H,20,23)/t11-,12-. The zero-order valence-corrected chi connectivity index (χ0v) is 16.2. The first-order valence-corrected chi connectivity index (χ1v) is 8.58. The Labute approximate surface area is 158 Å². The summed E-state index contributed by atoms with van der Waals surface area (Å²) in [7, 11) is 2.63. The minimum atomic E-state index is -0.654. The van der Waals surface area contributed by atoms with Gasteiger partial charge in [-0.2, -0.15) is 0 Å². The van der Waals surface area contributed by atoms with Crippen LogP contribution < -0.4 is 14.8 Å². The number of carbonyl (C=O) groups is 3. The van der Waals surface area contributed by atoms with Gasteiger partial charge in [0.25, 0.3) is 0 Å². The van der Waals surface area contributed by atoms with Gasteiger partial charge in [-0.15, -0.1) is 0 Å². The van der Waals surface area contributed by atoms with E-state index in [9.17, 15) is 14.4 Å². The highest BCUT2D eigenvalue weighted by atomic mass is 16.6. The van der Waals surface area contributed by atoms with Crippen LogP contribution in [-0.2, 0) is 9.47 Å². The van der Waals surface area contributed by atoms with Crippen molar-refractivity contribution in [2.75, 3.05) is 14.2 Å². The Bertz CT molecular complexity index is 718. The van der Waals surface area contributed by atoms with E-state index >= 15 is 0 Å². The molecule has 0 radical (unpaired) electrons. The second kappa shape index (κ2) is 8.28. The van der Waals surface area contributed by atoms with E-state index in [1.54, 1.807) is 26.8 Å². The molecule has 1 fully saturated rings. The highest BCUT2D eigenvalue weighted by Crippen LogP contribution is 2.32. The summed E-state index contributed by atoms with van der Waals surface area (Å²) in [5.41, 5.74) is -0.371. The molecule has 1 aromatic carbocycles. The minimum absolute atomic E-state index is 0.0407. The Morgan fingerprint density at radius 3 is 2.37 bits per heavy atom. The van der Waals surface area contributed by atoms with Gasteiger partial charge >= 0.3 is 12.1 Å². The van der Waals surface area contributed by atoms with Crippen molar-refractivity contribution in [1.29, 1.82) is 0 Å². The van der Waals surface area contributed by atoms with Crippen molar-refractivity contribution in [3.63, 3.8) is 0 Å². The lowest BCUT2D eigenvalue weighted by atomic mass is 9.89. The summed E-state index contributed by atoms with van der Waals surface area (Å²) in [5.74, 6) is -0.0388. The Kier molecular flexibility index (Phi) is 6.30. The normalized spacial score (nSPS) is 18.7. The minimum Gasteiger partial charge on any atom is -0.496 e. The third kappa shape index (κ3) is 5.35. The lowest BCUT2D eigenvalue weighted by Gasteiger charge is -2.36. The average molecular weight is 379 g/mol. The van der Waals surface area contributed by atoms with E-state index in [1.807, 2.05) is 0 Å². The predicted molar refractivity (Wildman–Crippen MR) is 96.5 cm³/mol. The first-order valence-electron chi connectivity index (χ1n) is 8.58. The molecule has 0 aromatic heterocycles. The molecule has 0 bridgehead atoms. The Morgan fingerprint density at radius 2 is 1.85 bits per heavy atom. The van der Waals surface area contributed by atoms with Gasteiger partial charge in [0.15, 0.2) is 6.29 Å². The number of ether oxygens (including phenoxy) is 4. The van der Waals surface area contributed by atoms with E-state index in [0.717, 1.165) is 0 Å². The van der Waals surface area contributed by atoms with Crippen molar-refractivity contribution in [2.24, 2.45) is 0 Å². The molecule has 1 amide bonds. The van der Waals surface area contributed by atoms with Gasteiger partial charge in [0.2, 0.25) is 0 Å². The number of hydrogen-bond acceptors (Lipinski definition) is 7. The number of aldehydes is 1. The number of nitrogens with one attached hydrogen (secondary N) is 1. The summed E-state index contributed by atoms with van der Waals surface area (Å²) in [4.78, 5) is 35.0. The van der Waals surface area contributed by atoms with Crippen LogP contribution in [0, 0.1) is 0 Å². The summed E-state index contributed by atoms with van der Waals surface area (Å²) in [5, 5.41) is 2.78. The summed E-state index contributed by atoms with van der Waals surface area (Å²) >= 11 is 0. The van der Waals surface area contributed by atoms with Crippen LogP contribution in [-0.4, -0.2) is 50.3 Å². The molecule has 0 unspecified atom stereocenters. The van der Waals surface area contributed by atoms with Crippen molar-refractivity contribution in [3.05, 3.63) is 23.3 Å². The topological polar surface area (TPSA) is 100 Å². The first-order chi connectivity index (χ1) is 12.7. The number of alkyl carbamates (subject to hydrolysis) is 1.